The van der Waals surface area contributed by atoms with E-state index in [1.165, 1.54) is 23.1 Å². The third kappa shape index (κ3) is 4.50. The van der Waals surface area contributed by atoms with Crippen LogP contribution in [-0.2, 0) is 11.2 Å². The second kappa shape index (κ2) is 8.02. The topological polar surface area (TPSA) is 46.5 Å². The van der Waals surface area contributed by atoms with Crippen molar-refractivity contribution in [2.45, 2.75) is 32.6 Å². The summed E-state index contributed by atoms with van der Waals surface area (Å²) in [6, 6.07) is 18.3. The van der Waals surface area contributed by atoms with E-state index >= 15 is 0 Å². The van der Waals surface area contributed by atoms with Crippen molar-refractivity contribution in [2.24, 2.45) is 5.92 Å². The maximum Gasteiger partial charge on any atom is 0.303 e. The molecule has 1 aliphatic rings. The molecule has 1 aliphatic carbocycles. The predicted molar refractivity (Wildman–Crippen MR) is 99.7 cm³/mol. The fourth-order valence-electron chi connectivity index (χ4n) is 3.45. The summed E-state index contributed by atoms with van der Waals surface area (Å²) < 4.78 is 6.00. The molecule has 0 heterocycles. The van der Waals surface area contributed by atoms with Crippen LogP contribution >= 0.6 is 0 Å². The lowest BCUT2D eigenvalue weighted by Crippen LogP contribution is -2.02. The van der Waals surface area contributed by atoms with Gasteiger partial charge in [-0.15, -0.1) is 0 Å². The number of carboxylic acids is 1. The first-order valence-electron chi connectivity index (χ1n) is 8.84. The maximum atomic E-state index is 10.6. The van der Waals surface area contributed by atoms with Crippen LogP contribution in [0.25, 0.3) is 5.57 Å². The fraction of sp³-hybridized carbons (Fsp3) is 0.318. The number of benzene rings is 2. The molecule has 0 spiro atoms. The fourth-order valence-corrected chi connectivity index (χ4v) is 3.45. The van der Waals surface area contributed by atoms with Crippen LogP contribution in [0.4, 0.5) is 0 Å². The lowest BCUT2D eigenvalue weighted by Gasteiger charge is -2.13. The average molecular weight is 336 g/mol. The van der Waals surface area contributed by atoms with Crippen LogP contribution in [0.15, 0.2) is 60.2 Å². The van der Waals surface area contributed by atoms with E-state index in [1.54, 1.807) is 0 Å². The smallest absolute Gasteiger partial charge is 0.303 e. The number of ether oxygens (including phenoxy) is 1. The van der Waals surface area contributed by atoms with Crippen molar-refractivity contribution in [1.29, 1.82) is 0 Å². The quantitative estimate of drug-likeness (QED) is 0.777. The second-order valence-corrected chi connectivity index (χ2v) is 6.65. The molecular weight excluding hydrogens is 312 g/mol. The number of carboxylic acid groups (broad SMARTS) is 1. The Morgan fingerprint density at radius 1 is 1.12 bits per heavy atom. The molecule has 25 heavy (non-hydrogen) atoms. The standard InChI is InChI=1S/C22H24O3/c1-16-7-11-19(22(16)18-5-3-2-4-6-18)15-25-20-12-8-17(9-13-20)10-14-21(23)24/h2-6,8-9,12-13,16H,7,10-11,14-15H2,1H3,(H,23,24). The molecule has 1 N–H and O–H groups in total. The average Bonchev–Trinajstić information content (AvgIpc) is 3.00. The number of aryl methyl sites for hydroxylation is 1. The molecule has 0 radical (unpaired) electrons. The number of carbonyl (C=O) groups is 1. The number of rotatable bonds is 7. The first-order chi connectivity index (χ1) is 12.1. The number of hydrogen-bond acceptors (Lipinski definition) is 2. The van der Waals surface area contributed by atoms with Crippen molar-refractivity contribution < 1.29 is 14.6 Å². The largest absolute Gasteiger partial charge is 0.489 e. The molecule has 3 nitrogen and oxygen atoms in total. The highest BCUT2D eigenvalue weighted by molar-refractivity contribution is 5.72. The van der Waals surface area contributed by atoms with Crippen LogP contribution in [0, 0.1) is 5.92 Å². The van der Waals surface area contributed by atoms with Gasteiger partial charge in [-0.3, -0.25) is 4.79 Å². The molecule has 0 fully saturated rings. The van der Waals surface area contributed by atoms with E-state index in [-0.39, 0.29) is 6.42 Å². The van der Waals surface area contributed by atoms with E-state index in [9.17, 15) is 4.79 Å². The molecule has 1 unspecified atom stereocenters. The number of allylic oxidation sites excluding steroid dienone is 1. The minimum Gasteiger partial charge on any atom is -0.489 e. The molecule has 0 bridgehead atoms. The highest BCUT2D eigenvalue weighted by atomic mass is 16.5. The van der Waals surface area contributed by atoms with Crippen molar-refractivity contribution in [3.63, 3.8) is 0 Å². The Balaban J connectivity index is 1.66. The lowest BCUT2D eigenvalue weighted by molar-refractivity contribution is -0.136. The molecule has 0 saturated heterocycles. The van der Waals surface area contributed by atoms with Crippen LogP contribution in [0.5, 0.6) is 5.75 Å². The van der Waals surface area contributed by atoms with Gasteiger partial charge in [0.05, 0.1) is 0 Å². The normalized spacial score (nSPS) is 16.9. The van der Waals surface area contributed by atoms with Gasteiger partial charge in [0, 0.05) is 6.42 Å². The van der Waals surface area contributed by atoms with Crippen molar-refractivity contribution in [1.82, 2.24) is 0 Å². The first kappa shape index (κ1) is 17.3. The molecule has 0 aromatic heterocycles. The molecule has 0 saturated carbocycles. The van der Waals surface area contributed by atoms with Gasteiger partial charge in [0.2, 0.25) is 0 Å². The second-order valence-electron chi connectivity index (χ2n) is 6.65. The summed E-state index contributed by atoms with van der Waals surface area (Å²) in [4.78, 5) is 10.6. The first-order valence-corrected chi connectivity index (χ1v) is 8.84. The summed E-state index contributed by atoms with van der Waals surface area (Å²) in [6.07, 6.45) is 2.97. The molecule has 2 aromatic rings. The van der Waals surface area contributed by atoms with E-state index in [4.69, 9.17) is 9.84 Å². The Morgan fingerprint density at radius 2 is 1.84 bits per heavy atom. The monoisotopic (exact) mass is 336 g/mol. The minimum atomic E-state index is -0.768. The lowest BCUT2D eigenvalue weighted by atomic mass is 9.95. The SMILES string of the molecule is CC1CCC(COc2ccc(CCC(=O)O)cc2)=C1c1ccccc1. The summed E-state index contributed by atoms with van der Waals surface area (Å²) in [6.45, 7) is 2.90. The third-order valence-corrected chi connectivity index (χ3v) is 4.80. The third-order valence-electron chi connectivity index (χ3n) is 4.80. The van der Waals surface area contributed by atoms with Crippen LogP contribution < -0.4 is 4.74 Å². The Morgan fingerprint density at radius 3 is 2.52 bits per heavy atom. The Kier molecular flexibility index (Phi) is 5.54. The van der Waals surface area contributed by atoms with Gasteiger partial charge in [-0.05, 0) is 59.6 Å². The highest BCUT2D eigenvalue weighted by Gasteiger charge is 2.23. The predicted octanol–water partition coefficient (Wildman–Crippen LogP) is 4.97. The van der Waals surface area contributed by atoms with E-state index in [2.05, 4.69) is 31.2 Å². The number of hydrogen-bond donors (Lipinski definition) is 1. The van der Waals surface area contributed by atoms with Crippen molar-refractivity contribution >= 4 is 11.5 Å². The van der Waals surface area contributed by atoms with Crippen molar-refractivity contribution in [3.8, 4) is 5.75 Å². The van der Waals surface area contributed by atoms with Crippen molar-refractivity contribution in [3.05, 3.63) is 71.3 Å². The summed E-state index contributed by atoms with van der Waals surface area (Å²) >= 11 is 0. The van der Waals surface area contributed by atoms with E-state index < -0.39 is 5.97 Å². The Hall–Kier alpha value is -2.55. The van der Waals surface area contributed by atoms with Crippen LogP contribution in [0.2, 0.25) is 0 Å². The highest BCUT2D eigenvalue weighted by Crippen LogP contribution is 2.38. The van der Waals surface area contributed by atoms with Gasteiger partial charge < -0.3 is 9.84 Å². The van der Waals surface area contributed by atoms with Gasteiger partial charge in [0.25, 0.3) is 0 Å². The minimum absolute atomic E-state index is 0.158. The summed E-state index contributed by atoms with van der Waals surface area (Å²) in [5.74, 6) is 0.633. The van der Waals surface area contributed by atoms with E-state index in [1.807, 2.05) is 30.3 Å². The molecular formula is C22H24O3. The molecule has 0 amide bonds. The van der Waals surface area contributed by atoms with Crippen LogP contribution in [0.1, 0.15) is 37.3 Å². The van der Waals surface area contributed by atoms with Gasteiger partial charge in [0.1, 0.15) is 12.4 Å². The summed E-state index contributed by atoms with van der Waals surface area (Å²) in [5, 5.41) is 8.75. The Bertz CT molecular complexity index is 745. The molecule has 130 valence electrons. The van der Waals surface area contributed by atoms with Crippen LogP contribution in [-0.4, -0.2) is 17.7 Å². The van der Waals surface area contributed by atoms with E-state index in [0.29, 0.717) is 18.9 Å². The van der Waals surface area contributed by atoms with E-state index in [0.717, 1.165) is 17.7 Å². The molecule has 0 aliphatic heterocycles. The van der Waals surface area contributed by atoms with Gasteiger partial charge in [-0.1, -0.05) is 49.4 Å². The molecule has 3 heteroatoms. The van der Waals surface area contributed by atoms with Gasteiger partial charge in [-0.2, -0.15) is 0 Å². The zero-order valence-corrected chi connectivity index (χ0v) is 14.6. The van der Waals surface area contributed by atoms with Crippen molar-refractivity contribution in [2.75, 3.05) is 6.61 Å². The Labute approximate surface area is 149 Å². The molecule has 2 aromatic carbocycles. The zero-order valence-electron chi connectivity index (χ0n) is 14.6. The van der Waals surface area contributed by atoms with Gasteiger partial charge in [0.15, 0.2) is 0 Å². The van der Waals surface area contributed by atoms with Gasteiger partial charge >= 0.3 is 5.97 Å². The maximum absolute atomic E-state index is 10.6. The zero-order chi connectivity index (χ0) is 17.6. The van der Waals surface area contributed by atoms with Crippen LogP contribution in [0.3, 0.4) is 0 Å². The summed E-state index contributed by atoms with van der Waals surface area (Å²) in [5.41, 5.74) is 5.14. The molecule has 3 rings (SSSR count). The molecule has 1 atom stereocenters. The number of aliphatic carboxylic acids is 1. The summed E-state index contributed by atoms with van der Waals surface area (Å²) in [7, 11) is 0. The van der Waals surface area contributed by atoms with Gasteiger partial charge in [-0.25, -0.2) is 0 Å².